The van der Waals surface area contributed by atoms with Gasteiger partial charge in [-0.05, 0) is 30.0 Å². The van der Waals surface area contributed by atoms with Crippen LogP contribution in [0.3, 0.4) is 0 Å². The lowest BCUT2D eigenvalue weighted by Gasteiger charge is -2.26. The molecule has 3 aromatic rings. The fraction of sp³-hybridized carbons (Fsp3) is 0.263. The van der Waals surface area contributed by atoms with Crippen LogP contribution >= 0.6 is 11.8 Å². The summed E-state index contributed by atoms with van der Waals surface area (Å²) in [6, 6.07) is 7.75. The Bertz CT molecular complexity index is 1040. The molecule has 0 amide bonds. The van der Waals surface area contributed by atoms with Crippen molar-refractivity contribution in [1.82, 2.24) is 15.0 Å². The van der Waals surface area contributed by atoms with Crippen LogP contribution in [-0.4, -0.2) is 58.5 Å². The first-order valence-electron chi connectivity index (χ1n) is 8.92. The number of aromatic nitrogens is 3. The van der Waals surface area contributed by atoms with Gasteiger partial charge in [0.15, 0.2) is 5.17 Å². The van der Waals surface area contributed by atoms with Crippen molar-refractivity contribution in [3.05, 3.63) is 42.2 Å². The van der Waals surface area contributed by atoms with Crippen LogP contribution in [0.25, 0.3) is 22.2 Å². The second-order valence-corrected chi connectivity index (χ2v) is 7.33. The summed E-state index contributed by atoms with van der Waals surface area (Å²) in [5.41, 5.74) is 9.34. The number of anilines is 1. The van der Waals surface area contributed by atoms with Crippen molar-refractivity contribution >= 4 is 38.8 Å². The van der Waals surface area contributed by atoms with Gasteiger partial charge in [-0.15, -0.1) is 0 Å². The second-order valence-electron chi connectivity index (χ2n) is 6.30. The zero-order chi connectivity index (χ0) is 19.5. The highest BCUT2D eigenvalue weighted by molar-refractivity contribution is 8.26. The maximum absolute atomic E-state index is 8.28. The third kappa shape index (κ3) is 3.71. The van der Waals surface area contributed by atoms with Gasteiger partial charge in [-0.2, -0.15) is 0 Å². The highest BCUT2D eigenvalue weighted by Crippen LogP contribution is 2.30. The van der Waals surface area contributed by atoms with Crippen LogP contribution in [0.15, 0.2) is 41.7 Å². The highest BCUT2D eigenvalue weighted by Gasteiger charge is 2.16. The van der Waals surface area contributed by atoms with Crippen molar-refractivity contribution in [2.75, 3.05) is 38.3 Å². The van der Waals surface area contributed by atoms with Gasteiger partial charge in [0.1, 0.15) is 5.04 Å². The number of nitrogens with two attached hydrogens (primary N) is 1. The molecule has 9 heteroatoms. The normalized spacial score (nSPS) is 15.2. The SMILES string of the molecule is CN=C(N)SC(=N)c1ccc2[nH]cc(-c3ccnc(N4CCOCC4)n3)c2c1. The topological polar surface area (TPSA) is 116 Å². The standard InChI is InChI=1S/C19H21N7OS/c1-22-18(21)28-17(20)12-2-3-15-13(10-12)14(11-24-15)16-4-5-23-19(25-16)26-6-8-27-9-7-26/h2-5,10-11,20,24H,6-9H2,1H3,(H2,21,22). The number of nitrogens with one attached hydrogen (secondary N) is 2. The Labute approximate surface area is 166 Å². The predicted molar refractivity (Wildman–Crippen MR) is 114 cm³/mol. The van der Waals surface area contributed by atoms with Crippen molar-refractivity contribution in [2.45, 2.75) is 0 Å². The van der Waals surface area contributed by atoms with Crippen LogP contribution in [0.4, 0.5) is 5.95 Å². The van der Waals surface area contributed by atoms with Crippen LogP contribution in [0.1, 0.15) is 5.56 Å². The molecule has 2 aromatic heterocycles. The van der Waals surface area contributed by atoms with E-state index in [9.17, 15) is 0 Å². The summed E-state index contributed by atoms with van der Waals surface area (Å²) in [6.45, 7) is 2.95. The summed E-state index contributed by atoms with van der Waals surface area (Å²) in [6.07, 6.45) is 3.73. The fourth-order valence-corrected chi connectivity index (χ4v) is 3.64. The molecular weight excluding hydrogens is 374 g/mol. The summed E-state index contributed by atoms with van der Waals surface area (Å²) in [4.78, 5) is 18.5. The highest BCUT2D eigenvalue weighted by atomic mass is 32.2. The number of benzene rings is 1. The quantitative estimate of drug-likeness (QED) is 0.463. The molecule has 0 saturated carbocycles. The van der Waals surface area contributed by atoms with E-state index in [0.29, 0.717) is 29.4 Å². The molecule has 1 aliphatic rings. The number of hydrogen-bond donors (Lipinski definition) is 3. The Morgan fingerprint density at radius 1 is 1.32 bits per heavy atom. The van der Waals surface area contributed by atoms with Crippen molar-refractivity contribution in [1.29, 1.82) is 5.41 Å². The first-order chi connectivity index (χ1) is 13.7. The van der Waals surface area contributed by atoms with E-state index < -0.39 is 0 Å². The van der Waals surface area contributed by atoms with Gasteiger partial charge in [0.25, 0.3) is 0 Å². The maximum Gasteiger partial charge on any atom is 0.226 e. The van der Waals surface area contributed by atoms with E-state index in [1.54, 1.807) is 13.2 Å². The number of fused-ring (bicyclic) bond motifs is 1. The largest absolute Gasteiger partial charge is 0.378 e. The van der Waals surface area contributed by atoms with Gasteiger partial charge in [-0.3, -0.25) is 10.4 Å². The third-order valence-corrected chi connectivity index (χ3v) is 5.42. The van der Waals surface area contributed by atoms with Crippen molar-refractivity contribution in [2.24, 2.45) is 10.7 Å². The molecule has 3 heterocycles. The monoisotopic (exact) mass is 395 g/mol. The van der Waals surface area contributed by atoms with Crippen molar-refractivity contribution in [3.63, 3.8) is 0 Å². The molecule has 1 saturated heterocycles. The Morgan fingerprint density at radius 2 is 2.14 bits per heavy atom. The van der Waals surface area contributed by atoms with Crippen molar-refractivity contribution < 1.29 is 4.74 Å². The lowest BCUT2D eigenvalue weighted by atomic mass is 10.1. The molecule has 4 rings (SSSR count). The Balaban J connectivity index is 1.69. The number of thioether (sulfide) groups is 1. The molecule has 0 radical (unpaired) electrons. The lowest BCUT2D eigenvalue weighted by molar-refractivity contribution is 0.122. The first kappa shape index (κ1) is 18.5. The number of H-pyrrole nitrogens is 1. The number of ether oxygens (including phenoxy) is 1. The van der Waals surface area contributed by atoms with Crippen molar-refractivity contribution in [3.8, 4) is 11.3 Å². The minimum atomic E-state index is 0.355. The summed E-state index contributed by atoms with van der Waals surface area (Å²) in [5.74, 6) is 0.710. The van der Waals surface area contributed by atoms with E-state index in [0.717, 1.165) is 52.6 Å². The van der Waals surface area contributed by atoms with Gasteiger partial charge < -0.3 is 20.4 Å². The van der Waals surface area contributed by atoms with E-state index in [1.165, 1.54) is 0 Å². The summed E-state index contributed by atoms with van der Waals surface area (Å²) < 4.78 is 5.41. The summed E-state index contributed by atoms with van der Waals surface area (Å²) in [7, 11) is 1.62. The number of rotatable bonds is 3. The molecule has 0 unspecified atom stereocenters. The molecule has 0 bridgehead atoms. The molecule has 1 aliphatic heterocycles. The Kier molecular flexibility index (Phi) is 5.27. The molecule has 1 fully saturated rings. The Morgan fingerprint density at radius 3 is 2.93 bits per heavy atom. The molecule has 0 aliphatic carbocycles. The lowest BCUT2D eigenvalue weighted by Crippen LogP contribution is -2.37. The van der Waals surface area contributed by atoms with Gasteiger partial charge in [-0.1, -0.05) is 6.07 Å². The Hall–Kier alpha value is -2.91. The van der Waals surface area contributed by atoms with Crippen LogP contribution in [0.2, 0.25) is 0 Å². The summed E-state index contributed by atoms with van der Waals surface area (Å²) in [5, 5.41) is 10.0. The minimum absolute atomic E-state index is 0.355. The number of hydrogen-bond acceptors (Lipinski definition) is 7. The van der Waals surface area contributed by atoms with Gasteiger partial charge in [-0.25, -0.2) is 9.97 Å². The van der Waals surface area contributed by atoms with E-state index in [4.69, 9.17) is 20.9 Å². The molecule has 0 spiro atoms. The first-order valence-corrected chi connectivity index (χ1v) is 9.73. The average molecular weight is 395 g/mol. The number of aromatic amines is 1. The molecule has 144 valence electrons. The number of nitrogens with zero attached hydrogens (tertiary/aromatic N) is 4. The number of morpholine rings is 1. The number of aliphatic imine (C=N–C) groups is 1. The zero-order valence-corrected chi connectivity index (χ0v) is 16.3. The minimum Gasteiger partial charge on any atom is -0.378 e. The van der Waals surface area contributed by atoms with Crippen LogP contribution in [-0.2, 0) is 4.74 Å². The van der Waals surface area contributed by atoms with Crippen LogP contribution < -0.4 is 10.6 Å². The third-order valence-electron chi connectivity index (χ3n) is 4.58. The summed E-state index contributed by atoms with van der Waals surface area (Å²) >= 11 is 1.14. The smallest absolute Gasteiger partial charge is 0.226 e. The molecule has 8 nitrogen and oxygen atoms in total. The molecule has 28 heavy (non-hydrogen) atoms. The van der Waals surface area contributed by atoms with Gasteiger partial charge in [0.2, 0.25) is 5.95 Å². The van der Waals surface area contributed by atoms with Gasteiger partial charge in [0.05, 0.1) is 18.9 Å². The van der Waals surface area contributed by atoms with Crippen LogP contribution in [0.5, 0.6) is 0 Å². The van der Waals surface area contributed by atoms with E-state index in [2.05, 4.69) is 19.9 Å². The zero-order valence-electron chi connectivity index (χ0n) is 15.5. The van der Waals surface area contributed by atoms with E-state index >= 15 is 0 Å². The average Bonchev–Trinajstić information content (AvgIpc) is 3.17. The second kappa shape index (κ2) is 7.99. The van der Waals surface area contributed by atoms with E-state index in [1.807, 2.05) is 30.5 Å². The van der Waals surface area contributed by atoms with Crippen LogP contribution in [0, 0.1) is 5.41 Å². The molecule has 1 aromatic carbocycles. The molecule has 4 N–H and O–H groups in total. The predicted octanol–water partition coefficient (Wildman–Crippen LogP) is 2.46. The van der Waals surface area contributed by atoms with Gasteiger partial charge >= 0.3 is 0 Å². The fourth-order valence-electron chi connectivity index (χ4n) is 3.10. The molecule has 0 atom stereocenters. The van der Waals surface area contributed by atoms with Gasteiger partial charge in [0, 0.05) is 54.6 Å². The maximum atomic E-state index is 8.28. The van der Waals surface area contributed by atoms with E-state index in [-0.39, 0.29) is 0 Å². The number of amidine groups is 1. The molecular formula is C19H21N7OS.